The number of carbonyl (C=O) groups excluding carboxylic acids is 1. The second-order valence-corrected chi connectivity index (χ2v) is 7.65. The maximum atomic E-state index is 12.8. The third-order valence-corrected chi connectivity index (χ3v) is 5.74. The van der Waals surface area contributed by atoms with Crippen LogP contribution in [0.15, 0.2) is 40.1 Å². The number of anilines is 1. The van der Waals surface area contributed by atoms with E-state index in [1.165, 1.54) is 0 Å². The van der Waals surface area contributed by atoms with Crippen LogP contribution in [-0.2, 0) is 0 Å². The topological polar surface area (TPSA) is 89.7 Å². The predicted octanol–water partition coefficient (Wildman–Crippen LogP) is 4.23. The molecule has 3 aromatic rings. The first-order valence-corrected chi connectivity index (χ1v) is 10.2. The van der Waals surface area contributed by atoms with Crippen LogP contribution in [0, 0.1) is 0 Å². The Morgan fingerprint density at radius 1 is 1.28 bits per heavy atom. The minimum Gasteiger partial charge on any atom is -0.497 e. The van der Waals surface area contributed by atoms with E-state index in [2.05, 4.69) is 15.5 Å². The first-order valence-electron chi connectivity index (χ1n) is 9.33. The fourth-order valence-corrected chi connectivity index (χ4v) is 4.00. The molecule has 2 aromatic heterocycles. The highest BCUT2D eigenvalue weighted by molar-refractivity contribution is 7.13. The SMILES string of the molecule is COc1ccc(NC(=O)N2CCCC(c3nnc(-c4cccs4)o3)C2)c(OC)c1. The number of methoxy groups -OCH3 is 2. The lowest BCUT2D eigenvalue weighted by molar-refractivity contribution is 0.187. The number of benzene rings is 1. The second-order valence-electron chi connectivity index (χ2n) is 6.70. The van der Waals surface area contributed by atoms with E-state index >= 15 is 0 Å². The van der Waals surface area contributed by atoms with Gasteiger partial charge in [-0.25, -0.2) is 4.79 Å². The Morgan fingerprint density at radius 2 is 2.17 bits per heavy atom. The van der Waals surface area contributed by atoms with Crippen LogP contribution in [0.2, 0.25) is 0 Å². The number of piperidine rings is 1. The maximum Gasteiger partial charge on any atom is 0.321 e. The Balaban J connectivity index is 1.44. The molecule has 0 aliphatic carbocycles. The number of rotatable bonds is 5. The summed E-state index contributed by atoms with van der Waals surface area (Å²) in [7, 11) is 3.14. The molecule has 29 heavy (non-hydrogen) atoms. The number of hydrogen-bond acceptors (Lipinski definition) is 7. The molecular weight excluding hydrogens is 392 g/mol. The molecule has 1 unspecified atom stereocenters. The molecule has 3 heterocycles. The van der Waals surface area contributed by atoms with Crippen molar-refractivity contribution in [3.05, 3.63) is 41.6 Å². The molecule has 0 saturated carbocycles. The molecule has 2 amide bonds. The third kappa shape index (κ3) is 4.19. The lowest BCUT2D eigenvalue weighted by Crippen LogP contribution is -2.41. The number of ether oxygens (including phenoxy) is 2. The van der Waals surface area contributed by atoms with Gasteiger partial charge in [-0.1, -0.05) is 6.07 Å². The molecule has 1 saturated heterocycles. The highest BCUT2D eigenvalue weighted by atomic mass is 32.1. The summed E-state index contributed by atoms with van der Waals surface area (Å²) in [5.74, 6) is 2.33. The van der Waals surface area contributed by atoms with Crippen LogP contribution in [0.1, 0.15) is 24.7 Å². The molecule has 1 aliphatic heterocycles. The van der Waals surface area contributed by atoms with Gasteiger partial charge in [0.2, 0.25) is 5.89 Å². The molecule has 9 heteroatoms. The van der Waals surface area contributed by atoms with Gasteiger partial charge in [0.15, 0.2) is 0 Å². The summed E-state index contributed by atoms with van der Waals surface area (Å²) in [5.41, 5.74) is 0.596. The minimum absolute atomic E-state index is 0.0217. The average molecular weight is 414 g/mol. The molecular formula is C20H22N4O4S. The normalized spacial score (nSPS) is 16.5. The van der Waals surface area contributed by atoms with Crippen molar-refractivity contribution in [1.82, 2.24) is 15.1 Å². The van der Waals surface area contributed by atoms with Crippen molar-refractivity contribution in [2.45, 2.75) is 18.8 Å². The molecule has 1 fully saturated rings. The summed E-state index contributed by atoms with van der Waals surface area (Å²) in [6, 6.07) is 8.99. The number of nitrogens with zero attached hydrogens (tertiary/aromatic N) is 3. The highest BCUT2D eigenvalue weighted by Crippen LogP contribution is 2.32. The zero-order valence-corrected chi connectivity index (χ0v) is 17.1. The summed E-state index contributed by atoms with van der Waals surface area (Å²) in [6.07, 6.45) is 1.77. The Bertz CT molecular complexity index is 973. The zero-order chi connectivity index (χ0) is 20.2. The standard InChI is InChI=1S/C20H22N4O4S/c1-26-14-7-8-15(16(11-14)27-2)21-20(25)24-9-3-5-13(12-24)18-22-23-19(28-18)17-6-4-10-29-17/h4,6-8,10-11,13H,3,5,9,12H2,1-2H3,(H,21,25). The number of aromatic nitrogens is 2. The van der Waals surface area contributed by atoms with E-state index in [1.807, 2.05) is 17.5 Å². The van der Waals surface area contributed by atoms with Gasteiger partial charge in [-0.15, -0.1) is 21.5 Å². The van der Waals surface area contributed by atoms with Gasteiger partial charge in [0.25, 0.3) is 5.89 Å². The number of urea groups is 1. The molecule has 152 valence electrons. The molecule has 0 radical (unpaired) electrons. The number of hydrogen-bond donors (Lipinski definition) is 1. The zero-order valence-electron chi connectivity index (χ0n) is 16.3. The van der Waals surface area contributed by atoms with Crippen molar-refractivity contribution >= 4 is 23.1 Å². The van der Waals surface area contributed by atoms with Crippen LogP contribution in [-0.4, -0.2) is 48.4 Å². The van der Waals surface area contributed by atoms with Crippen molar-refractivity contribution in [3.63, 3.8) is 0 Å². The number of likely N-dealkylation sites (tertiary alicyclic amines) is 1. The predicted molar refractivity (Wildman–Crippen MR) is 110 cm³/mol. The minimum atomic E-state index is -0.184. The Morgan fingerprint density at radius 3 is 2.93 bits per heavy atom. The van der Waals surface area contributed by atoms with Crippen molar-refractivity contribution in [2.24, 2.45) is 0 Å². The molecule has 4 rings (SSSR count). The number of nitrogens with one attached hydrogen (secondary N) is 1. The van der Waals surface area contributed by atoms with Gasteiger partial charge >= 0.3 is 6.03 Å². The molecule has 0 bridgehead atoms. The Hall–Kier alpha value is -3.07. The Kier molecular flexibility index (Phi) is 5.66. The van der Waals surface area contributed by atoms with E-state index in [1.54, 1.807) is 48.7 Å². The van der Waals surface area contributed by atoms with Gasteiger partial charge in [0.05, 0.1) is 30.7 Å². The summed E-state index contributed by atoms with van der Waals surface area (Å²) >= 11 is 1.56. The first-order chi connectivity index (χ1) is 14.2. The summed E-state index contributed by atoms with van der Waals surface area (Å²) in [4.78, 5) is 15.5. The molecule has 1 atom stereocenters. The summed E-state index contributed by atoms with van der Waals surface area (Å²) < 4.78 is 16.4. The Labute approximate surface area is 172 Å². The van der Waals surface area contributed by atoms with Crippen molar-refractivity contribution in [1.29, 1.82) is 0 Å². The van der Waals surface area contributed by atoms with Gasteiger partial charge in [-0.3, -0.25) is 0 Å². The highest BCUT2D eigenvalue weighted by Gasteiger charge is 2.29. The molecule has 8 nitrogen and oxygen atoms in total. The van der Waals surface area contributed by atoms with Crippen molar-refractivity contribution in [2.75, 3.05) is 32.6 Å². The third-order valence-electron chi connectivity index (χ3n) is 4.88. The van der Waals surface area contributed by atoms with Gasteiger partial charge in [0.1, 0.15) is 11.5 Å². The van der Waals surface area contributed by atoms with Crippen LogP contribution in [0.5, 0.6) is 11.5 Å². The molecule has 1 aromatic carbocycles. The maximum absolute atomic E-state index is 12.8. The lowest BCUT2D eigenvalue weighted by Gasteiger charge is -2.31. The van der Waals surface area contributed by atoms with Crippen molar-refractivity contribution < 1.29 is 18.7 Å². The summed E-state index contributed by atoms with van der Waals surface area (Å²) in [5, 5.41) is 13.3. The van der Waals surface area contributed by atoms with E-state index in [9.17, 15) is 4.79 Å². The molecule has 1 N–H and O–H groups in total. The van der Waals surface area contributed by atoms with E-state index in [0.717, 1.165) is 17.7 Å². The van der Waals surface area contributed by atoms with E-state index in [-0.39, 0.29) is 11.9 Å². The fourth-order valence-electron chi connectivity index (χ4n) is 3.36. The number of carbonyl (C=O) groups is 1. The molecule has 1 aliphatic rings. The van der Waals surface area contributed by atoms with Crippen LogP contribution >= 0.6 is 11.3 Å². The van der Waals surface area contributed by atoms with Gasteiger partial charge in [-0.05, 0) is 36.4 Å². The number of amides is 2. The van der Waals surface area contributed by atoms with Crippen LogP contribution in [0.4, 0.5) is 10.5 Å². The second kappa shape index (κ2) is 8.52. The fraction of sp³-hybridized carbons (Fsp3) is 0.350. The van der Waals surface area contributed by atoms with Crippen LogP contribution in [0.3, 0.4) is 0 Å². The van der Waals surface area contributed by atoms with E-state index in [4.69, 9.17) is 13.9 Å². The van der Waals surface area contributed by atoms with E-state index < -0.39 is 0 Å². The van der Waals surface area contributed by atoms with Gasteiger partial charge < -0.3 is 24.1 Å². The average Bonchev–Trinajstić information content (AvgIpc) is 3.46. The van der Waals surface area contributed by atoms with E-state index in [0.29, 0.717) is 42.1 Å². The van der Waals surface area contributed by atoms with Crippen LogP contribution < -0.4 is 14.8 Å². The quantitative estimate of drug-likeness (QED) is 0.672. The largest absolute Gasteiger partial charge is 0.497 e. The lowest BCUT2D eigenvalue weighted by atomic mass is 9.98. The molecule has 0 spiro atoms. The van der Waals surface area contributed by atoms with Gasteiger partial charge in [0, 0.05) is 19.2 Å². The van der Waals surface area contributed by atoms with Crippen LogP contribution in [0.25, 0.3) is 10.8 Å². The summed E-state index contributed by atoms with van der Waals surface area (Å²) in [6.45, 7) is 1.20. The monoisotopic (exact) mass is 414 g/mol. The number of thiophene rings is 1. The van der Waals surface area contributed by atoms with Crippen molar-refractivity contribution in [3.8, 4) is 22.3 Å². The first kappa shape index (κ1) is 19.3. The van der Waals surface area contributed by atoms with Gasteiger partial charge in [-0.2, -0.15) is 0 Å². The smallest absolute Gasteiger partial charge is 0.321 e.